The third kappa shape index (κ3) is 4.06. The average Bonchev–Trinajstić information content (AvgIpc) is 2.06. The van der Waals surface area contributed by atoms with E-state index in [9.17, 15) is 4.79 Å². The molecule has 1 rings (SSSR count). The Kier molecular flexibility index (Phi) is 3.75. The van der Waals surface area contributed by atoms with Gasteiger partial charge < -0.3 is 4.74 Å². The van der Waals surface area contributed by atoms with Gasteiger partial charge in [-0.2, -0.15) is 0 Å². The SMILES string of the molecule is Cc1ccc(NC(=O)OC(C)(C)C)c(Cl)n1. The van der Waals surface area contributed by atoms with Crippen molar-refractivity contribution in [1.82, 2.24) is 4.98 Å². The van der Waals surface area contributed by atoms with Crippen LogP contribution in [0.25, 0.3) is 0 Å². The second-order valence-corrected chi connectivity index (χ2v) is 4.78. The van der Waals surface area contributed by atoms with Crippen molar-refractivity contribution in [3.05, 3.63) is 23.0 Å². The number of ether oxygens (including phenoxy) is 1. The summed E-state index contributed by atoms with van der Waals surface area (Å²) in [5, 5.41) is 2.79. The zero-order chi connectivity index (χ0) is 12.3. The minimum absolute atomic E-state index is 0.255. The fourth-order valence-corrected chi connectivity index (χ4v) is 1.28. The molecular weight excluding hydrogens is 228 g/mol. The molecule has 0 unspecified atom stereocenters. The summed E-state index contributed by atoms with van der Waals surface area (Å²) in [5.41, 5.74) is 0.704. The number of nitrogens with zero attached hydrogens (tertiary/aromatic N) is 1. The Hall–Kier alpha value is -1.29. The maximum absolute atomic E-state index is 11.4. The number of carbonyl (C=O) groups is 1. The van der Waals surface area contributed by atoms with E-state index in [1.807, 2.05) is 6.92 Å². The number of carbonyl (C=O) groups excluding carboxylic acids is 1. The van der Waals surface area contributed by atoms with Crippen LogP contribution in [0.5, 0.6) is 0 Å². The van der Waals surface area contributed by atoms with E-state index in [1.165, 1.54) is 0 Å². The highest BCUT2D eigenvalue weighted by Crippen LogP contribution is 2.20. The zero-order valence-electron chi connectivity index (χ0n) is 9.80. The predicted octanol–water partition coefficient (Wildman–Crippen LogP) is 3.39. The lowest BCUT2D eigenvalue weighted by atomic mass is 10.2. The van der Waals surface area contributed by atoms with Crippen molar-refractivity contribution in [1.29, 1.82) is 0 Å². The molecule has 0 bridgehead atoms. The second kappa shape index (κ2) is 4.70. The Morgan fingerprint density at radius 3 is 2.56 bits per heavy atom. The topological polar surface area (TPSA) is 51.2 Å². The fourth-order valence-electron chi connectivity index (χ4n) is 1.03. The first-order chi connectivity index (χ1) is 7.28. The number of hydrogen-bond donors (Lipinski definition) is 1. The molecule has 0 atom stereocenters. The molecule has 88 valence electrons. The highest BCUT2D eigenvalue weighted by Gasteiger charge is 2.17. The van der Waals surface area contributed by atoms with E-state index in [1.54, 1.807) is 32.9 Å². The highest BCUT2D eigenvalue weighted by atomic mass is 35.5. The second-order valence-electron chi connectivity index (χ2n) is 4.42. The Morgan fingerprint density at radius 2 is 2.06 bits per heavy atom. The first kappa shape index (κ1) is 12.8. The molecule has 0 radical (unpaired) electrons. The number of pyridine rings is 1. The number of nitrogens with one attached hydrogen (secondary N) is 1. The van der Waals surface area contributed by atoms with Gasteiger partial charge in [-0.25, -0.2) is 9.78 Å². The highest BCUT2D eigenvalue weighted by molar-refractivity contribution is 6.32. The van der Waals surface area contributed by atoms with Crippen LogP contribution in [0.15, 0.2) is 12.1 Å². The van der Waals surface area contributed by atoms with E-state index in [2.05, 4.69) is 10.3 Å². The molecule has 0 saturated heterocycles. The molecule has 0 aromatic carbocycles. The van der Waals surface area contributed by atoms with Gasteiger partial charge in [0.15, 0.2) is 5.15 Å². The van der Waals surface area contributed by atoms with Gasteiger partial charge in [0, 0.05) is 5.69 Å². The van der Waals surface area contributed by atoms with Crippen molar-refractivity contribution in [3.8, 4) is 0 Å². The maximum atomic E-state index is 11.4. The van der Waals surface area contributed by atoms with Gasteiger partial charge in [-0.1, -0.05) is 11.6 Å². The van der Waals surface area contributed by atoms with E-state index < -0.39 is 11.7 Å². The summed E-state index contributed by atoms with van der Waals surface area (Å²) in [6, 6.07) is 3.45. The van der Waals surface area contributed by atoms with Crippen molar-refractivity contribution in [2.24, 2.45) is 0 Å². The molecule has 0 fully saturated rings. The normalized spacial score (nSPS) is 11.1. The van der Waals surface area contributed by atoms with Crippen LogP contribution in [0.4, 0.5) is 10.5 Å². The Balaban J connectivity index is 2.70. The van der Waals surface area contributed by atoms with E-state index >= 15 is 0 Å². The molecule has 0 aliphatic heterocycles. The Labute approximate surface area is 100.0 Å². The van der Waals surface area contributed by atoms with Crippen molar-refractivity contribution in [2.75, 3.05) is 5.32 Å². The maximum Gasteiger partial charge on any atom is 0.412 e. The molecule has 0 aliphatic carbocycles. The van der Waals surface area contributed by atoms with Gasteiger partial charge in [-0.3, -0.25) is 5.32 Å². The average molecular weight is 243 g/mol. The predicted molar refractivity (Wildman–Crippen MR) is 63.8 cm³/mol. The summed E-state index contributed by atoms with van der Waals surface area (Å²) < 4.78 is 5.09. The van der Waals surface area contributed by atoms with E-state index in [-0.39, 0.29) is 5.15 Å². The standard InChI is InChI=1S/C11H15ClN2O2/c1-7-5-6-8(9(12)13-7)14-10(15)16-11(2,3)4/h5-6H,1-4H3,(H,14,15). The summed E-state index contributed by atoms with van der Waals surface area (Å²) >= 11 is 5.86. The lowest BCUT2D eigenvalue weighted by Gasteiger charge is -2.19. The molecule has 4 nitrogen and oxygen atoms in total. The lowest BCUT2D eigenvalue weighted by molar-refractivity contribution is 0.0636. The number of aromatic nitrogens is 1. The molecular formula is C11H15ClN2O2. The molecule has 1 aromatic heterocycles. The van der Waals surface area contributed by atoms with Crippen molar-refractivity contribution < 1.29 is 9.53 Å². The molecule has 16 heavy (non-hydrogen) atoms. The number of aryl methyl sites for hydroxylation is 1. The molecule has 1 amide bonds. The Morgan fingerprint density at radius 1 is 1.44 bits per heavy atom. The minimum Gasteiger partial charge on any atom is -0.444 e. The van der Waals surface area contributed by atoms with E-state index in [4.69, 9.17) is 16.3 Å². The minimum atomic E-state index is -0.542. The van der Waals surface area contributed by atoms with Crippen LogP contribution in [-0.4, -0.2) is 16.7 Å². The van der Waals surface area contributed by atoms with Crippen LogP contribution in [0.3, 0.4) is 0 Å². The van der Waals surface area contributed by atoms with Crippen LogP contribution in [0.2, 0.25) is 5.15 Å². The molecule has 1 aromatic rings. The van der Waals surface area contributed by atoms with Crippen molar-refractivity contribution in [3.63, 3.8) is 0 Å². The summed E-state index contributed by atoms with van der Waals surface area (Å²) in [6.45, 7) is 7.20. The summed E-state index contributed by atoms with van der Waals surface area (Å²) in [7, 11) is 0. The summed E-state index contributed by atoms with van der Waals surface area (Å²) in [6.07, 6.45) is -0.542. The number of anilines is 1. The van der Waals surface area contributed by atoms with Gasteiger partial charge in [-0.05, 0) is 39.8 Å². The molecule has 5 heteroatoms. The van der Waals surface area contributed by atoms with Crippen LogP contribution >= 0.6 is 11.6 Å². The fraction of sp³-hybridized carbons (Fsp3) is 0.455. The summed E-state index contributed by atoms with van der Waals surface area (Å²) in [4.78, 5) is 15.5. The molecule has 1 heterocycles. The first-order valence-electron chi connectivity index (χ1n) is 4.91. The number of hydrogen-bond acceptors (Lipinski definition) is 3. The number of halogens is 1. The van der Waals surface area contributed by atoms with E-state index in [0.29, 0.717) is 5.69 Å². The molecule has 1 N–H and O–H groups in total. The van der Waals surface area contributed by atoms with E-state index in [0.717, 1.165) is 5.69 Å². The number of rotatable bonds is 1. The van der Waals surface area contributed by atoms with Gasteiger partial charge in [0.25, 0.3) is 0 Å². The van der Waals surface area contributed by atoms with Gasteiger partial charge in [0.05, 0.1) is 5.69 Å². The first-order valence-corrected chi connectivity index (χ1v) is 5.29. The van der Waals surface area contributed by atoms with Crippen LogP contribution in [0.1, 0.15) is 26.5 Å². The summed E-state index contributed by atoms with van der Waals surface area (Å²) in [5.74, 6) is 0. The van der Waals surface area contributed by atoms with Crippen LogP contribution in [-0.2, 0) is 4.74 Å². The van der Waals surface area contributed by atoms with Gasteiger partial charge in [0.2, 0.25) is 0 Å². The smallest absolute Gasteiger partial charge is 0.412 e. The number of amides is 1. The monoisotopic (exact) mass is 242 g/mol. The quantitative estimate of drug-likeness (QED) is 0.768. The van der Waals surface area contributed by atoms with Crippen LogP contribution in [0, 0.1) is 6.92 Å². The third-order valence-electron chi connectivity index (χ3n) is 1.62. The molecule has 0 spiro atoms. The zero-order valence-corrected chi connectivity index (χ0v) is 10.6. The Bertz CT molecular complexity index is 399. The molecule has 0 saturated carbocycles. The molecule has 0 aliphatic rings. The van der Waals surface area contributed by atoms with Gasteiger partial charge in [0.1, 0.15) is 5.60 Å². The van der Waals surface area contributed by atoms with Crippen molar-refractivity contribution >= 4 is 23.4 Å². The van der Waals surface area contributed by atoms with Gasteiger partial charge in [-0.15, -0.1) is 0 Å². The largest absolute Gasteiger partial charge is 0.444 e. The third-order valence-corrected chi connectivity index (χ3v) is 1.91. The van der Waals surface area contributed by atoms with Gasteiger partial charge >= 0.3 is 6.09 Å². The lowest BCUT2D eigenvalue weighted by Crippen LogP contribution is -2.27. The van der Waals surface area contributed by atoms with Crippen LogP contribution < -0.4 is 5.32 Å². The van der Waals surface area contributed by atoms with Crippen molar-refractivity contribution in [2.45, 2.75) is 33.3 Å².